The van der Waals surface area contributed by atoms with Crippen LogP contribution in [0.2, 0.25) is 0 Å². The summed E-state index contributed by atoms with van der Waals surface area (Å²) < 4.78 is 6.71. The van der Waals surface area contributed by atoms with E-state index in [-0.39, 0.29) is 12.4 Å². The van der Waals surface area contributed by atoms with Crippen LogP contribution in [0.15, 0.2) is 54.6 Å². The summed E-state index contributed by atoms with van der Waals surface area (Å²) in [5.41, 5.74) is 2.69. The molecule has 0 aromatic heterocycles. The lowest BCUT2D eigenvalue weighted by Gasteiger charge is -2.29. The number of hydrogen-bond acceptors (Lipinski definition) is 1. The van der Waals surface area contributed by atoms with Gasteiger partial charge in [-0.3, -0.25) is 0 Å². The Labute approximate surface area is 134 Å². The van der Waals surface area contributed by atoms with E-state index >= 15 is 0 Å². The second-order valence-electron chi connectivity index (χ2n) is 5.96. The minimum absolute atomic E-state index is 0. The molecule has 0 saturated heterocycles. The molecule has 0 radical (unpaired) electrons. The van der Waals surface area contributed by atoms with Crippen LogP contribution in [0.4, 0.5) is 0 Å². The fraction of sp³-hybridized carbons (Fsp3) is 0.333. The van der Waals surface area contributed by atoms with Crippen molar-refractivity contribution in [2.45, 2.75) is 13.5 Å². The standard InChI is InChI=1S/C18H24NO.ClH/c1-16-9-11-17(12-10-16)15-19(2,3)13-14-20-18-7-5-4-6-8-18;/h4-12H,13-15H2,1-3H3;1H/q+1;/p-1. The van der Waals surface area contributed by atoms with E-state index < -0.39 is 0 Å². The Balaban J connectivity index is 0.00000220. The molecule has 2 aromatic rings. The van der Waals surface area contributed by atoms with Crippen molar-refractivity contribution in [2.24, 2.45) is 0 Å². The summed E-state index contributed by atoms with van der Waals surface area (Å²) in [4.78, 5) is 0. The van der Waals surface area contributed by atoms with E-state index in [4.69, 9.17) is 4.74 Å². The zero-order valence-corrected chi connectivity index (χ0v) is 13.8. The van der Waals surface area contributed by atoms with Gasteiger partial charge in [0.15, 0.2) is 0 Å². The van der Waals surface area contributed by atoms with Gasteiger partial charge in [-0.25, -0.2) is 0 Å². The van der Waals surface area contributed by atoms with Gasteiger partial charge < -0.3 is 21.6 Å². The van der Waals surface area contributed by atoms with Gasteiger partial charge in [0.05, 0.1) is 14.1 Å². The summed E-state index contributed by atoms with van der Waals surface area (Å²) >= 11 is 0. The Kier molecular flexibility index (Phi) is 6.73. The molecule has 2 rings (SSSR count). The van der Waals surface area contributed by atoms with Gasteiger partial charge in [0.2, 0.25) is 0 Å². The Hall–Kier alpha value is -1.51. The van der Waals surface area contributed by atoms with Gasteiger partial charge in [0.25, 0.3) is 0 Å². The molecule has 0 N–H and O–H groups in total. The predicted octanol–water partition coefficient (Wildman–Crippen LogP) is 0.654. The summed E-state index contributed by atoms with van der Waals surface area (Å²) in [6.45, 7) is 4.88. The van der Waals surface area contributed by atoms with E-state index in [1.54, 1.807) is 0 Å². The molecule has 0 aliphatic carbocycles. The molecule has 114 valence electrons. The van der Waals surface area contributed by atoms with Crippen LogP contribution in [0.3, 0.4) is 0 Å². The maximum atomic E-state index is 5.78. The van der Waals surface area contributed by atoms with Crippen molar-refractivity contribution in [3.63, 3.8) is 0 Å². The molecule has 0 aliphatic rings. The normalized spacial score (nSPS) is 10.8. The van der Waals surface area contributed by atoms with Crippen molar-refractivity contribution < 1.29 is 21.6 Å². The molecule has 0 amide bonds. The monoisotopic (exact) mass is 305 g/mol. The summed E-state index contributed by atoms with van der Waals surface area (Å²) in [5.74, 6) is 0.947. The van der Waals surface area contributed by atoms with Crippen molar-refractivity contribution in [1.29, 1.82) is 0 Å². The number of likely N-dealkylation sites (N-methyl/N-ethyl adjacent to an activating group) is 1. The number of rotatable bonds is 6. The first-order chi connectivity index (χ1) is 9.55. The molecular weight excluding hydrogens is 282 g/mol. The SMILES string of the molecule is Cc1ccc(C[N+](C)(C)CCOc2ccccc2)cc1.[Cl-]. The fourth-order valence-corrected chi connectivity index (χ4v) is 2.19. The van der Waals surface area contributed by atoms with E-state index in [2.05, 4.69) is 45.3 Å². The molecule has 0 unspecified atom stereocenters. The highest BCUT2D eigenvalue weighted by Gasteiger charge is 2.15. The second kappa shape index (κ2) is 8.06. The molecular formula is C18H24ClNO. The first-order valence-electron chi connectivity index (χ1n) is 7.11. The van der Waals surface area contributed by atoms with E-state index in [1.807, 2.05) is 30.3 Å². The summed E-state index contributed by atoms with van der Waals surface area (Å²) in [6, 6.07) is 18.8. The van der Waals surface area contributed by atoms with Gasteiger partial charge in [-0.2, -0.15) is 0 Å². The van der Waals surface area contributed by atoms with Crippen molar-refractivity contribution in [3.05, 3.63) is 65.7 Å². The third kappa shape index (κ3) is 6.19. The van der Waals surface area contributed by atoms with Gasteiger partial charge in [-0.05, 0) is 19.1 Å². The topological polar surface area (TPSA) is 9.23 Å². The van der Waals surface area contributed by atoms with Crippen LogP contribution in [-0.2, 0) is 6.54 Å². The first kappa shape index (κ1) is 17.5. The Morgan fingerprint density at radius 1 is 0.905 bits per heavy atom. The molecule has 0 saturated carbocycles. The number of ether oxygens (including phenoxy) is 1. The Morgan fingerprint density at radius 3 is 2.14 bits per heavy atom. The second-order valence-corrected chi connectivity index (χ2v) is 5.96. The van der Waals surface area contributed by atoms with Crippen LogP contribution in [0, 0.1) is 6.92 Å². The lowest BCUT2D eigenvalue weighted by molar-refractivity contribution is -0.903. The molecule has 0 atom stereocenters. The molecule has 0 aliphatic heterocycles. The highest BCUT2D eigenvalue weighted by atomic mass is 35.5. The summed E-state index contributed by atoms with van der Waals surface area (Å²) in [7, 11) is 4.49. The largest absolute Gasteiger partial charge is 1.00 e. The van der Waals surface area contributed by atoms with Crippen LogP contribution in [0.1, 0.15) is 11.1 Å². The number of aryl methyl sites for hydroxylation is 1. The van der Waals surface area contributed by atoms with Gasteiger partial charge in [0.1, 0.15) is 25.4 Å². The molecule has 0 fully saturated rings. The summed E-state index contributed by atoms with van der Waals surface area (Å²) in [6.07, 6.45) is 0. The van der Waals surface area contributed by atoms with Crippen molar-refractivity contribution in [2.75, 3.05) is 27.2 Å². The molecule has 0 bridgehead atoms. The molecule has 2 nitrogen and oxygen atoms in total. The zero-order chi connectivity index (χ0) is 14.4. The van der Waals surface area contributed by atoms with E-state index in [0.29, 0.717) is 0 Å². The van der Waals surface area contributed by atoms with Crippen LogP contribution >= 0.6 is 0 Å². The highest BCUT2D eigenvalue weighted by molar-refractivity contribution is 5.21. The zero-order valence-electron chi connectivity index (χ0n) is 13.1. The third-order valence-electron chi connectivity index (χ3n) is 3.44. The summed E-state index contributed by atoms with van der Waals surface area (Å²) in [5, 5.41) is 0. The lowest BCUT2D eigenvalue weighted by Crippen LogP contribution is -3.00. The first-order valence-corrected chi connectivity index (χ1v) is 7.11. The van der Waals surface area contributed by atoms with E-state index in [0.717, 1.165) is 29.9 Å². The van der Waals surface area contributed by atoms with E-state index in [9.17, 15) is 0 Å². The molecule has 0 spiro atoms. The van der Waals surface area contributed by atoms with Crippen molar-refractivity contribution in [3.8, 4) is 5.75 Å². The smallest absolute Gasteiger partial charge is 0.137 e. The van der Waals surface area contributed by atoms with Crippen LogP contribution in [0.25, 0.3) is 0 Å². The minimum atomic E-state index is 0. The van der Waals surface area contributed by atoms with Gasteiger partial charge in [0, 0.05) is 5.56 Å². The minimum Gasteiger partial charge on any atom is -1.00 e. The van der Waals surface area contributed by atoms with Crippen LogP contribution in [0.5, 0.6) is 5.75 Å². The predicted molar refractivity (Wildman–Crippen MR) is 83.8 cm³/mol. The molecule has 2 aromatic carbocycles. The number of nitrogens with zero attached hydrogens (tertiary/aromatic N) is 1. The number of quaternary nitrogens is 1. The quantitative estimate of drug-likeness (QED) is 0.712. The Morgan fingerprint density at radius 2 is 1.52 bits per heavy atom. The van der Waals surface area contributed by atoms with Gasteiger partial charge in [-0.1, -0.05) is 48.0 Å². The third-order valence-corrected chi connectivity index (χ3v) is 3.44. The molecule has 0 heterocycles. The van der Waals surface area contributed by atoms with E-state index in [1.165, 1.54) is 11.1 Å². The average Bonchev–Trinajstić information content (AvgIpc) is 2.42. The number of benzene rings is 2. The number of para-hydroxylation sites is 1. The lowest BCUT2D eigenvalue weighted by atomic mass is 10.1. The van der Waals surface area contributed by atoms with Gasteiger partial charge >= 0.3 is 0 Å². The fourth-order valence-electron chi connectivity index (χ4n) is 2.19. The molecule has 21 heavy (non-hydrogen) atoms. The maximum absolute atomic E-state index is 5.78. The van der Waals surface area contributed by atoms with Gasteiger partial charge in [-0.15, -0.1) is 0 Å². The number of halogens is 1. The maximum Gasteiger partial charge on any atom is 0.137 e. The highest BCUT2D eigenvalue weighted by Crippen LogP contribution is 2.12. The Bertz CT molecular complexity index is 523. The molecule has 3 heteroatoms. The van der Waals surface area contributed by atoms with Crippen molar-refractivity contribution >= 4 is 0 Å². The van der Waals surface area contributed by atoms with Crippen LogP contribution in [-0.4, -0.2) is 31.7 Å². The van der Waals surface area contributed by atoms with Crippen molar-refractivity contribution in [1.82, 2.24) is 0 Å². The average molecular weight is 306 g/mol. The number of hydrogen-bond donors (Lipinski definition) is 0. The van der Waals surface area contributed by atoms with Crippen LogP contribution < -0.4 is 17.1 Å².